The molecular formula is C10H13N5O3S. The van der Waals surface area contributed by atoms with Gasteiger partial charge in [-0.15, -0.1) is 0 Å². The molecule has 0 spiro atoms. The molecule has 2 rings (SSSR count). The smallest absolute Gasteiger partial charge is 0.242 e. The molecule has 1 aromatic heterocycles. The fraction of sp³-hybridized carbons (Fsp3) is 0.200. The summed E-state index contributed by atoms with van der Waals surface area (Å²) in [5, 5.41) is 6.64. The largest absolute Gasteiger partial charge is 0.398 e. The molecule has 4 N–H and O–H groups in total. The molecule has 0 aliphatic carbocycles. The van der Waals surface area contributed by atoms with Crippen molar-refractivity contribution in [3.63, 3.8) is 0 Å². The van der Waals surface area contributed by atoms with Gasteiger partial charge in [0.2, 0.25) is 16.4 Å². The molecule has 1 heterocycles. The first-order chi connectivity index (χ1) is 9.03. The van der Waals surface area contributed by atoms with Crippen LogP contribution in [0.3, 0.4) is 0 Å². The quantitative estimate of drug-likeness (QED) is 0.668. The number of nitrogens with zero attached hydrogens (tertiary/aromatic N) is 2. The van der Waals surface area contributed by atoms with Crippen LogP contribution in [0.1, 0.15) is 5.82 Å². The van der Waals surface area contributed by atoms with Crippen molar-refractivity contribution in [2.75, 3.05) is 18.1 Å². The summed E-state index contributed by atoms with van der Waals surface area (Å²) in [6.07, 6.45) is 1.23. The van der Waals surface area contributed by atoms with Crippen LogP contribution in [0.25, 0.3) is 0 Å². The molecule has 0 aliphatic heterocycles. The van der Waals surface area contributed by atoms with Gasteiger partial charge in [0, 0.05) is 5.69 Å². The van der Waals surface area contributed by atoms with E-state index in [-0.39, 0.29) is 10.6 Å². The Balaban J connectivity index is 2.15. The van der Waals surface area contributed by atoms with Gasteiger partial charge in [0.25, 0.3) is 0 Å². The molecule has 0 saturated carbocycles. The van der Waals surface area contributed by atoms with E-state index in [1.165, 1.54) is 25.6 Å². The van der Waals surface area contributed by atoms with Crippen LogP contribution >= 0.6 is 0 Å². The highest BCUT2D eigenvalue weighted by Crippen LogP contribution is 2.22. The summed E-state index contributed by atoms with van der Waals surface area (Å²) in [4.78, 5) is 3.89. The lowest BCUT2D eigenvalue weighted by Gasteiger charge is -2.09. The Hall–Kier alpha value is -2.13. The minimum Gasteiger partial charge on any atom is -0.398 e. The van der Waals surface area contributed by atoms with Crippen LogP contribution in [0.4, 0.5) is 11.4 Å². The molecule has 0 fully saturated rings. The number of hydrogen-bond donors (Lipinski definition) is 3. The van der Waals surface area contributed by atoms with E-state index in [0.29, 0.717) is 18.1 Å². The third-order valence-corrected chi connectivity index (χ3v) is 3.91. The number of nitrogens with one attached hydrogen (secondary N) is 2. The topological polar surface area (TPSA) is 123 Å². The van der Waals surface area contributed by atoms with Gasteiger partial charge in [0.05, 0.1) is 12.2 Å². The molecule has 0 unspecified atom stereocenters. The van der Waals surface area contributed by atoms with Gasteiger partial charge < -0.3 is 15.6 Å². The molecule has 102 valence electrons. The number of hydrogen-bond acceptors (Lipinski definition) is 7. The van der Waals surface area contributed by atoms with Gasteiger partial charge in [-0.25, -0.2) is 13.1 Å². The third kappa shape index (κ3) is 3.01. The van der Waals surface area contributed by atoms with Gasteiger partial charge in [-0.05, 0) is 25.2 Å². The Morgan fingerprint density at radius 1 is 1.42 bits per heavy atom. The van der Waals surface area contributed by atoms with Crippen LogP contribution < -0.4 is 15.8 Å². The molecule has 19 heavy (non-hydrogen) atoms. The van der Waals surface area contributed by atoms with Crippen LogP contribution in [-0.2, 0) is 16.6 Å². The summed E-state index contributed by atoms with van der Waals surface area (Å²) < 4.78 is 30.1. The van der Waals surface area contributed by atoms with Crippen molar-refractivity contribution in [3.8, 4) is 0 Å². The van der Waals surface area contributed by atoms with Crippen molar-refractivity contribution in [3.05, 3.63) is 30.4 Å². The van der Waals surface area contributed by atoms with E-state index in [1.54, 1.807) is 6.07 Å². The van der Waals surface area contributed by atoms with Crippen LogP contribution in [-0.4, -0.2) is 25.6 Å². The van der Waals surface area contributed by atoms with E-state index in [4.69, 9.17) is 5.73 Å². The lowest BCUT2D eigenvalue weighted by molar-refractivity contribution is 0.411. The second-order valence-electron chi connectivity index (χ2n) is 3.66. The van der Waals surface area contributed by atoms with Gasteiger partial charge in [0.1, 0.15) is 4.90 Å². The van der Waals surface area contributed by atoms with Crippen molar-refractivity contribution in [2.24, 2.45) is 0 Å². The molecule has 0 amide bonds. The molecule has 0 aliphatic rings. The summed E-state index contributed by atoms with van der Waals surface area (Å²) in [6.45, 7) is 0.355. The predicted octanol–water partition coefficient (Wildman–Crippen LogP) is 0.172. The summed E-state index contributed by atoms with van der Waals surface area (Å²) in [6, 6.07) is 4.57. The minimum absolute atomic E-state index is 0.0418. The zero-order valence-electron chi connectivity index (χ0n) is 10.1. The Morgan fingerprint density at radius 2 is 2.21 bits per heavy atom. The van der Waals surface area contributed by atoms with E-state index in [0.717, 1.165) is 0 Å². The Morgan fingerprint density at radius 3 is 2.79 bits per heavy atom. The van der Waals surface area contributed by atoms with Crippen molar-refractivity contribution in [2.45, 2.75) is 11.4 Å². The van der Waals surface area contributed by atoms with Gasteiger partial charge in [-0.2, -0.15) is 4.98 Å². The predicted molar refractivity (Wildman–Crippen MR) is 68.7 cm³/mol. The SMILES string of the molecule is CNS(=O)(=O)c1ccc(NCc2ncon2)cc1N. The fourth-order valence-corrected chi connectivity index (χ4v) is 2.30. The minimum atomic E-state index is -3.55. The van der Waals surface area contributed by atoms with Crippen LogP contribution in [0, 0.1) is 0 Å². The van der Waals surface area contributed by atoms with Crippen LogP contribution in [0.2, 0.25) is 0 Å². The first-order valence-electron chi connectivity index (χ1n) is 5.35. The van der Waals surface area contributed by atoms with Gasteiger partial charge >= 0.3 is 0 Å². The molecule has 0 saturated heterocycles. The average Bonchev–Trinajstić information content (AvgIpc) is 2.89. The maximum Gasteiger partial charge on any atom is 0.242 e. The monoisotopic (exact) mass is 283 g/mol. The molecule has 8 nitrogen and oxygen atoms in total. The number of sulfonamides is 1. The second-order valence-corrected chi connectivity index (χ2v) is 5.52. The zero-order chi connectivity index (χ0) is 13.9. The fourth-order valence-electron chi connectivity index (χ4n) is 1.46. The maximum atomic E-state index is 11.6. The van der Waals surface area contributed by atoms with Gasteiger partial charge in [-0.3, -0.25) is 0 Å². The lowest BCUT2D eigenvalue weighted by Crippen LogP contribution is -2.20. The lowest BCUT2D eigenvalue weighted by atomic mass is 10.3. The zero-order valence-corrected chi connectivity index (χ0v) is 10.9. The number of anilines is 2. The highest BCUT2D eigenvalue weighted by molar-refractivity contribution is 7.89. The van der Waals surface area contributed by atoms with Crippen molar-refractivity contribution in [1.29, 1.82) is 0 Å². The Labute approximate surface area is 110 Å². The molecule has 1 aromatic carbocycles. The summed E-state index contributed by atoms with van der Waals surface area (Å²) >= 11 is 0. The van der Waals surface area contributed by atoms with E-state index in [9.17, 15) is 8.42 Å². The van der Waals surface area contributed by atoms with Crippen LogP contribution in [0.5, 0.6) is 0 Å². The van der Waals surface area contributed by atoms with Crippen molar-refractivity contribution >= 4 is 21.4 Å². The molecule has 0 atom stereocenters. The molecular weight excluding hydrogens is 270 g/mol. The van der Waals surface area contributed by atoms with Crippen molar-refractivity contribution < 1.29 is 12.9 Å². The standard InChI is InChI=1S/C10H13N5O3S/c1-12-19(16,17)9-3-2-7(4-8(9)11)13-5-10-14-6-18-15-10/h2-4,6,12-13H,5,11H2,1H3. The van der Waals surface area contributed by atoms with Gasteiger partial charge in [-0.1, -0.05) is 5.16 Å². The van der Waals surface area contributed by atoms with E-state index in [1.807, 2.05) is 0 Å². The first-order valence-corrected chi connectivity index (χ1v) is 6.83. The van der Waals surface area contributed by atoms with Crippen LogP contribution in [0.15, 0.2) is 34.0 Å². The molecule has 0 bridgehead atoms. The molecule has 2 aromatic rings. The van der Waals surface area contributed by atoms with E-state index >= 15 is 0 Å². The van der Waals surface area contributed by atoms with E-state index in [2.05, 4.69) is 24.7 Å². The van der Waals surface area contributed by atoms with Crippen molar-refractivity contribution in [1.82, 2.24) is 14.9 Å². The third-order valence-electron chi connectivity index (χ3n) is 2.43. The number of benzene rings is 1. The summed E-state index contributed by atoms with van der Waals surface area (Å²) in [7, 11) is -2.22. The number of nitrogens with two attached hydrogens (primary N) is 1. The Kier molecular flexibility index (Phi) is 3.67. The normalized spacial score (nSPS) is 11.4. The summed E-state index contributed by atoms with van der Waals surface area (Å²) in [5.41, 5.74) is 6.55. The number of nitrogen functional groups attached to an aromatic ring is 1. The summed E-state index contributed by atoms with van der Waals surface area (Å²) in [5.74, 6) is 0.491. The maximum absolute atomic E-state index is 11.6. The number of rotatable bonds is 5. The highest BCUT2D eigenvalue weighted by Gasteiger charge is 2.15. The highest BCUT2D eigenvalue weighted by atomic mass is 32.2. The second kappa shape index (κ2) is 5.24. The number of aromatic nitrogens is 2. The average molecular weight is 283 g/mol. The Bertz CT molecular complexity index is 654. The first kappa shape index (κ1) is 13.3. The van der Waals surface area contributed by atoms with E-state index < -0.39 is 10.0 Å². The molecule has 0 radical (unpaired) electrons. The molecule has 9 heteroatoms. The van der Waals surface area contributed by atoms with Gasteiger partial charge in [0.15, 0.2) is 5.82 Å².